The number of nitrogens with one attached hydrogen (secondary N) is 2. The van der Waals surface area contributed by atoms with Crippen LogP contribution in [-0.4, -0.2) is 11.4 Å². The molecular weight excluding hydrogens is 405 g/mol. The Kier molecular flexibility index (Phi) is 11.2. The first-order valence-corrected chi connectivity index (χ1v) is 11.4. The zero-order chi connectivity index (χ0) is 22.7. The summed E-state index contributed by atoms with van der Waals surface area (Å²) in [5.74, 6) is -1.25. The molecule has 0 aromatic heterocycles. The summed E-state index contributed by atoms with van der Waals surface area (Å²) < 4.78 is 43.8. The molecule has 0 amide bonds. The fourth-order valence-corrected chi connectivity index (χ4v) is 4.03. The van der Waals surface area contributed by atoms with Crippen LogP contribution in [0.1, 0.15) is 65.4 Å². The molecule has 2 nitrogen and oxygen atoms in total. The minimum atomic E-state index is -1.16. The molecule has 1 fully saturated rings. The monoisotopic (exact) mass is 440 g/mol. The quantitative estimate of drug-likeness (QED) is 0.268. The Morgan fingerprint density at radius 2 is 1.97 bits per heavy atom. The van der Waals surface area contributed by atoms with E-state index in [0.29, 0.717) is 17.0 Å². The number of allylic oxidation sites excluding steroid dienone is 3. The lowest BCUT2D eigenvalue weighted by Crippen LogP contribution is -2.18. The van der Waals surface area contributed by atoms with Crippen LogP contribution in [-0.2, 0) is 0 Å². The van der Waals surface area contributed by atoms with Gasteiger partial charge in [0, 0.05) is 4.75 Å². The highest BCUT2D eigenvalue weighted by molar-refractivity contribution is 7.99. The molecular formula is C24H35F3N2S. The van der Waals surface area contributed by atoms with Gasteiger partial charge in [0.05, 0.1) is 17.1 Å². The second-order valence-electron chi connectivity index (χ2n) is 7.36. The van der Waals surface area contributed by atoms with Gasteiger partial charge in [0.1, 0.15) is 18.3 Å². The fourth-order valence-electron chi connectivity index (χ4n) is 2.87. The molecule has 0 bridgehead atoms. The Bertz CT molecular complexity index is 768. The Balaban J connectivity index is 0.00000218. The third kappa shape index (κ3) is 8.13. The van der Waals surface area contributed by atoms with Crippen molar-refractivity contribution in [2.45, 2.75) is 71.5 Å². The molecule has 30 heavy (non-hydrogen) atoms. The molecule has 6 heteroatoms. The number of unbranched alkanes of at least 4 members (excludes halogenated alkanes) is 1. The zero-order valence-corrected chi connectivity index (χ0v) is 19.6. The van der Waals surface area contributed by atoms with Gasteiger partial charge in [-0.3, -0.25) is 0 Å². The van der Waals surface area contributed by atoms with Gasteiger partial charge in [-0.25, -0.2) is 13.2 Å². The molecule has 0 unspecified atom stereocenters. The van der Waals surface area contributed by atoms with Crippen LogP contribution in [0.3, 0.4) is 0 Å². The molecule has 1 saturated carbocycles. The first kappa shape index (κ1) is 26.2. The number of benzene rings is 1. The maximum Gasteiger partial charge on any atom is 0.146 e. The van der Waals surface area contributed by atoms with Crippen LogP contribution in [0.25, 0.3) is 0 Å². The van der Waals surface area contributed by atoms with E-state index in [9.17, 15) is 13.2 Å². The van der Waals surface area contributed by atoms with E-state index in [4.69, 9.17) is 0 Å². The first-order valence-electron chi connectivity index (χ1n) is 10.6. The molecule has 2 N–H and O–H groups in total. The number of hydrogen-bond acceptors (Lipinski definition) is 3. The van der Waals surface area contributed by atoms with Gasteiger partial charge in [-0.2, -0.15) is 0 Å². The Hall–Kier alpha value is -1.82. The summed E-state index contributed by atoms with van der Waals surface area (Å²) in [7, 11) is 0. The van der Waals surface area contributed by atoms with Crippen LogP contribution in [0, 0.1) is 12.7 Å². The molecule has 0 radical (unpaired) electrons. The molecule has 168 valence electrons. The van der Waals surface area contributed by atoms with E-state index in [0.717, 1.165) is 43.7 Å². The van der Waals surface area contributed by atoms with Gasteiger partial charge in [-0.05, 0) is 74.4 Å². The Morgan fingerprint density at radius 1 is 1.30 bits per heavy atom. The van der Waals surface area contributed by atoms with Crippen molar-refractivity contribution in [2.75, 3.05) is 12.0 Å². The molecule has 0 atom stereocenters. The lowest BCUT2D eigenvalue weighted by atomic mass is 10.1. The minimum absolute atomic E-state index is 0.180. The SMILES string of the molecule is C=C(Nc1ccc(C)cc1F)/C(NSC1(CCCC)CC1)=C(C)\C=C(\F)CF.CC. The highest BCUT2D eigenvalue weighted by Gasteiger charge is 2.43. The molecule has 0 spiro atoms. The summed E-state index contributed by atoms with van der Waals surface area (Å²) in [6.45, 7) is 12.5. The lowest BCUT2D eigenvalue weighted by molar-refractivity contribution is 0.459. The maximum atomic E-state index is 14.2. The number of aryl methyl sites for hydroxylation is 1. The topological polar surface area (TPSA) is 24.1 Å². The summed E-state index contributed by atoms with van der Waals surface area (Å²) >= 11 is 1.60. The normalized spacial score (nSPS) is 15.5. The summed E-state index contributed by atoms with van der Waals surface area (Å²) in [4.78, 5) is 0. The molecule has 0 heterocycles. The van der Waals surface area contributed by atoms with Crippen LogP contribution in [0.2, 0.25) is 0 Å². The van der Waals surface area contributed by atoms with E-state index in [2.05, 4.69) is 23.5 Å². The van der Waals surface area contributed by atoms with Gasteiger partial charge in [0.2, 0.25) is 0 Å². The Morgan fingerprint density at radius 3 is 2.50 bits per heavy atom. The van der Waals surface area contributed by atoms with Gasteiger partial charge >= 0.3 is 0 Å². The fraction of sp³-hybridized carbons (Fsp3) is 0.500. The van der Waals surface area contributed by atoms with Crippen molar-refractivity contribution in [1.29, 1.82) is 0 Å². The third-order valence-corrected chi connectivity index (χ3v) is 6.12. The molecule has 2 rings (SSSR count). The van der Waals surface area contributed by atoms with Crippen molar-refractivity contribution < 1.29 is 13.2 Å². The second-order valence-corrected chi connectivity index (χ2v) is 8.63. The number of alkyl halides is 1. The zero-order valence-electron chi connectivity index (χ0n) is 18.8. The summed E-state index contributed by atoms with van der Waals surface area (Å²) in [5.41, 5.74) is 2.54. The second kappa shape index (κ2) is 12.8. The van der Waals surface area contributed by atoms with Crippen molar-refractivity contribution in [3.8, 4) is 0 Å². The van der Waals surface area contributed by atoms with Crippen molar-refractivity contribution in [3.63, 3.8) is 0 Å². The van der Waals surface area contributed by atoms with Gasteiger partial charge < -0.3 is 10.0 Å². The van der Waals surface area contributed by atoms with Crippen LogP contribution in [0.15, 0.2) is 53.6 Å². The van der Waals surface area contributed by atoms with E-state index < -0.39 is 18.3 Å². The van der Waals surface area contributed by atoms with Crippen molar-refractivity contribution in [2.24, 2.45) is 0 Å². The van der Waals surface area contributed by atoms with Crippen molar-refractivity contribution in [1.82, 2.24) is 4.72 Å². The van der Waals surface area contributed by atoms with Crippen LogP contribution >= 0.6 is 11.9 Å². The molecule has 1 aromatic rings. The average molecular weight is 441 g/mol. The largest absolute Gasteiger partial charge is 0.352 e. The number of anilines is 1. The van der Waals surface area contributed by atoms with E-state index in [1.165, 1.54) is 6.07 Å². The van der Waals surface area contributed by atoms with Crippen molar-refractivity contribution in [3.05, 3.63) is 65.0 Å². The molecule has 0 aliphatic heterocycles. The minimum Gasteiger partial charge on any atom is -0.352 e. The van der Waals surface area contributed by atoms with Crippen LogP contribution in [0.4, 0.5) is 18.9 Å². The van der Waals surface area contributed by atoms with Crippen molar-refractivity contribution >= 4 is 17.6 Å². The average Bonchev–Trinajstić information content (AvgIpc) is 3.50. The molecule has 1 aromatic carbocycles. The van der Waals surface area contributed by atoms with Gasteiger partial charge in [0.25, 0.3) is 0 Å². The van der Waals surface area contributed by atoms with Gasteiger partial charge in [-0.1, -0.05) is 46.3 Å². The predicted octanol–water partition coefficient (Wildman–Crippen LogP) is 8.14. The van der Waals surface area contributed by atoms with Gasteiger partial charge in [0.15, 0.2) is 0 Å². The number of rotatable bonds is 11. The standard InChI is InChI=1S/C22H29F3N2S.C2H6/c1-5-6-9-22(10-11-22)28-27-21(16(3)13-18(24)14-23)17(4)26-20-8-7-15(2)12-19(20)25;1-2/h7-8,12-13,26-27H,4-6,9-11,14H2,1-3H3;1-2H3/b18-13+,21-16+;. The van der Waals surface area contributed by atoms with E-state index in [1.807, 2.05) is 20.8 Å². The Labute approximate surface area is 184 Å². The number of hydrogen-bond donors (Lipinski definition) is 2. The highest BCUT2D eigenvalue weighted by Crippen LogP contribution is 2.51. The first-order chi connectivity index (χ1) is 14.3. The summed E-state index contributed by atoms with van der Waals surface area (Å²) in [6.07, 6.45) is 6.78. The van der Waals surface area contributed by atoms with E-state index in [1.54, 1.807) is 31.0 Å². The third-order valence-electron chi connectivity index (χ3n) is 4.77. The lowest BCUT2D eigenvalue weighted by Gasteiger charge is -2.21. The van der Waals surface area contributed by atoms with Crippen LogP contribution in [0.5, 0.6) is 0 Å². The molecule has 1 aliphatic carbocycles. The molecule has 0 saturated heterocycles. The number of halogens is 3. The van der Waals surface area contributed by atoms with E-state index >= 15 is 0 Å². The van der Waals surface area contributed by atoms with Crippen LogP contribution < -0.4 is 10.0 Å². The van der Waals surface area contributed by atoms with Gasteiger partial charge in [-0.15, -0.1) is 0 Å². The predicted molar refractivity (Wildman–Crippen MR) is 125 cm³/mol. The summed E-state index contributed by atoms with van der Waals surface area (Å²) in [6, 6.07) is 4.86. The smallest absolute Gasteiger partial charge is 0.146 e. The summed E-state index contributed by atoms with van der Waals surface area (Å²) in [5, 5.41) is 2.96. The highest BCUT2D eigenvalue weighted by atomic mass is 32.2. The molecule has 1 aliphatic rings. The maximum absolute atomic E-state index is 14.2. The van der Waals surface area contributed by atoms with E-state index in [-0.39, 0.29) is 10.4 Å².